The standard InChI is InChI=1S/C12H12F3N5O/c1-17-9-6-10(20-11(16)19-9)18-7-4-2-3-5-8(7)21-12(13,14)15/h2-6H,1H3,(H4,16,17,18,19,20). The van der Waals surface area contributed by atoms with Crippen LogP contribution in [0.15, 0.2) is 30.3 Å². The largest absolute Gasteiger partial charge is 0.573 e. The number of hydrogen-bond donors (Lipinski definition) is 3. The van der Waals surface area contributed by atoms with Gasteiger partial charge in [-0.15, -0.1) is 13.2 Å². The zero-order valence-electron chi connectivity index (χ0n) is 10.9. The van der Waals surface area contributed by atoms with E-state index >= 15 is 0 Å². The van der Waals surface area contributed by atoms with E-state index < -0.39 is 6.36 Å². The van der Waals surface area contributed by atoms with Gasteiger partial charge in [0.25, 0.3) is 0 Å². The number of nitrogen functional groups attached to an aromatic ring is 1. The Bertz CT molecular complexity index is 633. The zero-order chi connectivity index (χ0) is 15.5. The van der Waals surface area contributed by atoms with Crippen molar-refractivity contribution in [2.45, 2.75) is 6.36 Å². The van der Waals surface area contributed by atoms with Gasteiger partial charge in [-0.25, -0.2) is 0 Å². The normalized spacial score (nSPS) is 11.0. The van der Waals surface area contributed by atoms with Gasteiger partial charge in [-0.3, -0.25) is 0 Å². The molecule has 0 amide bonds. The molecule has 9 heteroatoms. The lowest BCUT2D eigenvalue weighted by Crippen LogP contribution is -2.18. The maximum absolute atomic E-state index is 12.3. The third-order valence-electron chi connectivity index (χ3n) is 2.38. The molecular weight excluding hydrogens is 287 g/mol. The molecule has 0 saturated carbocycles. The van der Waals surface area contributed by atoms with Crippen LogP contribution in [-0.2, 0) is 0 Å². The molecule has 1 aromatic heterocycles. The first-order chi connectivity index (χ1) is 9.87. The number of nitrogens with two attached hydrogens (primary N) is 1. The van der Waals surface area contributed by atoms with Crippen LogP contribution in [0.25, 0.3) is 0 Å². The summed E-state index contributed by atoms with van der Waals surface area (Å²) >= 11 is 0. The van der Waals surface area contributed by atoms with Crippen LogP contribution in [0, 0.1) is 0 Å². The van der Waals surface area contributed by atoms with E-state index in [4.69, 9.17) is 5.73 Å². The van der Waals surface area contributed by atoms with Crippen molar-refractivity contribution in [3.63, 3.8) is 0 Å². The lowest BCUT2D eigenvalue weighted by molar-refractivity contribution is -0.274. The highest BCUT2D eigenvalue weighted by atomic mass is 19.4. The number of ether oxygens (including phenoxy) is 1. The van der Waals surface area contributed by atoms with Gasteiger partial charge in [-0.05, 0) is 12.1 Å². The molecule has 1 heterocycles. The number of aromatic nitrogens is 2. The van der Waals surface area contributed by atoms with Crippen molar-refractivity contribution in [3.8, 4) is 5.75 Å². The Hall–Kier alpha value is -2.71. The second-order valence-electron chi connectivity index (χ2n) is 3.92. The quantitative estimate of drug-likeness (QED) is 0.805. The van der Waals surface area contributed by atoms with Crippen molar-refractivity contribution < 1.29 is 17.9 Å². The van der Waals surface area contributed by atoms with Crippen molar-refractivity contribution in [3.05, 3.63) is 30.3 Å². The maximum atomic E-state index is 12.3. The summed E-state index contributed by atoms with van der Waals surface area (Å²) in [6, 6.07) is 7.12. The topological polar surface area (TPSA) is 85.1 Å². The monoisotopic (exact) mass is 299 g/mol. The molecule has 4 N–H and O–H groups in total. The Morgan fingerprint density at radius 3 is 2.48 bits per heavy atom. The molecule has 0 aliphatic heterocycles. The highest BCUT2D eigenvalue weighted by Crippen LogP contribution is 2.31. The first kappa shape index (κ1) is 14.7. The maximum Gasteiger partial charge on any atom is 0.573 e. The summed E-state index contributed by atoms with van der Waals surface area (Å²) in [6.07, 6.45) is -4.78. The molecule has 0 fully saturated rings. The van der Waals surface area contributed by atoms with E-state index in [1.165, 1.54) is 24.3 Å². The molecule has 1 aromatic carbocycles. The first-order valence-electron chi connectivity index (χ1n) is 5.81. The summed E-state index contributed by atoms with van der Waals surface area (Å²) in [4.78, 5) is 7.77. The third-order valence-corrected chi connectivity index (χ3v) is 2.38. The summed E-state index contributed by atoms with van der Waals surface area (Å²) in [5, 5.41) is 5.48. The highest BCUT2D eigenvalue weighted by Gasteiger charge is 2.32. The molecule has 21 heavy (non-hydrogen) atoms. The number of para-hydroxylation sites is 2. The molecule has 0 saturated heterocycles. The molecule has 6 nitrogen and oxygen atoms in total. The second kappa shape index (κ2) is 5.73. The van der Waals surface area contributed by atoms with Gasteiger partial charge in [0.1, 0.15) is 11.6 Å². The fourth-order valence-electron chi connectivity index (χ4n) is 1.58. The van der Waals surface area contributed by atoms with E-state index in [0.29, 0.717) is 5.82 Å². The van der Waals surface area contributed by atoms with Gasteiger partial charge < -0.3 is 21.1 Å². The molecular formula is C12H12F3N5O. The molecule has 112 valence electrons. The number of alkyl halides is 3. The highest BCUT2D eigenvalue weighted by molar-refractivity contribution is 5.66. The van der Waals surface area contributed by atoms with Gasteiger partial charge in [0, 0.05) is 13.1 Å². The molecule has 2 rings (SSSR count). The number of hydrogen-bond acceptors (Lipinski definition) is 6. The molecule has 0 spiro atoms. The van der Waals surface area contributed by atoms with E-state index in [1.54, 1.807) is 13.1 Å². The molecule has 2 aromatic rings. The Morgan fingerprint density at radius 2 is 1.81 bits per heavy atom. The van der Waals surface area contributed by atoms with Crippen LogP contribution in [-0.4, -0.2) is 23.4 Å². The summed E-state index contributed by atoms with van der Waals surface area (Å²) in [5.74, 6) is 0.288. The average molecular weight is 299 g/mol. The van der Waals surface area contributed by atoms with Gasteiger partial charge in [0.05, 0.1) is 5.69 Å². The number of benzene rings is 1. The molecule has 0 radical (unpaired) electrons. The van der Waals surface area contributed by atoms with Gasteiger partial charge >= 0.3 is 6.36 Å². The van der Waals surface area contributed by atoms with Crippen LogP contribution in [0.5, 0.6) is 5.75 Å². The fraction of sp³-hybridized carbons (Fsp3) is 0.167. The Morgan fingerprint density at radius 1 is 1.14 bits per heavy atom. The fourth-order valence-corrected chi connectivity index (χ4v) is 1.58. The first-order valence-corrected chi connectivity index (χ1v) is 5.81. The SMILES string of the molecule is CNc1cc(Nc2ccccc2OC(F)(F)F)nc(N)n1. The minimum Gasteiger partial charge on any atom is -0.404 e. The van der Waals surface area contributed by atoms with E-state index in [9.17, 15) is 13.2 Å². The average Bonchev–Trinajstić information content (AvgIpc) is 2.38. The van der Waals surface area contributed by atoms with Crippen LogP contribution in [0.1, 0.15) is 0 Å². The van der Waals surface area contributed by atoms with E-state index in [-0.39, 0.29) is 23.2 Å². The number of rotatable bonds is 4. The van der Waals surface area contributed by atoms with Gasteiger partial charge in [0.15, 0.2) is 5.75 Å². The van der Waals surface area contributed by atoms with E-state index in [1.807, 2.05) is 0 Å². The molecule has 0 aliphatic carbocycles. The predicted octanol–water partition coefficient (Wildman–Crippen LogP) is 2.74. The lowest BCUT2D eigenvalue weighted by Gasteiger charge is -2.14. The Balaban J connectivity index is 2.29. The van der Waals surface area contributed by atoms with E-state index in [0.717, 1.165) is 0 Å². The number of halogens is 3. The number of nitrogens with zero attached hydrogens (tertiary/aromatic N) is 2. The summed E-state index contributed by atoms with van der Waals surface area (Å²) in [6.45, 7) is 0. The van der Waals surface area contributed by atoms with Crippen LogP contribution in [0.3, 0.4) is 0 Å². The van der Waals surface area contributed by atoms with Crippen molar-refractivity contribution in [1.82, 2.24) is 9.97 Å². The van der Waals surface area contributed by atoms with Crippen LogP contribution >= 0.6 is 0 Å². The summed E-state index contributed by atoms with van der Waals surface area (Å²) in [5.41, 5.74) is 5.62. The second-order valence-corrected chi connectivity index (χ2v) is 3.92. The summed E-state index contributed by atoms with van der Waals surface area (Å²) in [7, 11) is 1.63. The summed E-state index contributed by atoms with van der Waals surface area (Å²) < 4.78 is 41.0. The Kier molecular flexibility index (Phi) is 4.01. The number of nitrogens with one attached hydrogen (secondary N) is 2. The van der Waals surface area contributed by atoms with Crippen LogP contribution < -0.4 is 21.1 Å². The van der Waals surface area contributed by atoms with Crippen molar-refractivity contribution in [2.24, 2.45) is 0 Å². The minimum atomic E-state index is -4.78. The Labute approximate surface area is 118 Å². The lowest BCUT2D eigenvalue weighted by atomic mass is 10.3. The van der Waals surface area contributed by atoms with Crippen molar-refractivity contribution >= 4 is 23.3 Å². The predicted molar refractivity (Wildman–Crippen MR) is 72.4 cm³/mol. The minimum absolute atomic E-state index is 0.0152. The molecule has 0 aliphatic rings. The van der Waals surface area contributed by atoms with Gasteiger partial charge in [-0.2, -0.15) is 9.97 Å². The van der Waals surface area contributed by atoms with Crippen LogP contribution in [0.4, 0.5) is 36.4 Å². The molecule has 0 bridgehead atoms. The number of anilines is 4. The van der Waals surface area contributed by atoms with Crippen LogP contribution in [0.2, 0.25) is 0 Å². The van der Waals surface area contributed by atoms with Crippen molar-refractivity contribution in [2.75, 3.05) is 23.4 Å². The molecule has 0 unspecified atom stereocenters. The van der Waals surface area contributed by atoms with E-state index in [2.05, 4.69) is 25.3 Å². The molecule has 0 atom stereocenters. The zero-order valence-corrected chi connectivity index (χ0v) is 10.9. The third kappa shape index (κ3) is 4.13. The van der Waals surface area contributed by atoms with Crippen molar-refractivity contribution in [1.29, 1.82) is 0 Å². The van der Waals surface area contributed by atoms with Gasteiger partial charge in [0.2, 0.25) is 5.95 Å². The van der Waals surface area contributed by atoms with Gasteiger partial charge in [-0.1, -0.05) is 12.1 Å². The smallest absolute Gasteiger partial charge is 0.404 e.